The smallest absolute Gasteiger partial charge is 0.384 e. The number of nitrogens with two attached hydrogens (primary N) is 2. The molecule has 0 spiro atoms. The van der Waals surface area contributed by atoms with Gasteiger partial charge < -0.3 is 9.26 Å². The van der Waals surface area contributed by atoms with Crippen LogP contribution in [0.4, 0.5) is 0 Å². The van der Waals surface area contributed by atoms with Gasteiger partial charge in [-0.05, 0) is 12.2 Å². The van der Waals surface area contributed by atoms with Gasteiger partial charge in [-0.2, -0.15) is 0 Å². The highest BCUT2D eigenvalue weighted by atomic mass is 31.2. The summed E-state index contributed by atoms with van der Waals surface area (Å²) in [7, 11) is -3.42. The molecule has 0 aromatic rings. The average molecular weight is 176 g/mol. The first kappa shape index (κ1) is 8.33. The molecule has 11 heavy (non-hydrogen) atoms. The van der Waals surface area contributed by atoms with E-state index in [9.17, 15) is 4.57 Å². The number of rotatable bonds is 2. The van der Waals surface area contributed by atoms with Gasteiger partial charge in [-0.1, -0.05) is 0 Å². The van der Waals surface area contributed by atoms with E-state index in [0.717, 1.165) is 0 Å². The van der Waals surface area contributed by atoms with Crippen molar-refractivity contribution in [2.75, 3.05) is 6.61 Å². The molecule has 0 unspecified atom stereocenters. The monoisotopic (exact) mass is 176 g/mol. The van der Waals surface area contributed by atoms with Crippen LogP contribution in [0.3, 0.4) is 0 Å². The largest absolute Gasteiger partial charge is 0.493 e. The van der Waals surface area contributed by atoms with Gasteiger partial charge in [0.2, 0.25) is 0 Å². The Morgan fingerprint density at radius 3 is 2.82 bits per heavy atom. The Morgan fingerprint density at radius 1 is 1.64 bits per heavy atom. The van der Waals surface area contributed by atoms with Crippen molar-refractivity contribution in [3.05, 3.63) is 24.2 Å². The molecular weight excluding hydrogens is 167 g/mol. The second-order valence-electron chi connectivity index (χ2n) is 2.01. The molecule has 0 saturated heterocycles. The molecule has 0 saturated carbocycles. The summed E-state index contributed by atoms with van der Waals surface area (Å²) in [6.45, 7) is 0.217. The lowest BCUT2D eigenvalue weighted by molar-refractivity contribution is 0.225. The van der Waals surface area contributed by atoms with Gasteiger partial charge in [0.25, 0.3) is 0 Å². The molecule has 0 radical (unpaired) electrons. The molecule has 0 fully saturated rings. The Balaban J connectivity index is 2.56. The molecule has 6 heteroatoms. The summed E-state index contributed by atoms with van der Waals surface area (Å²) < 4.78 is 20.2. The van der Waals surface area contributed by atoms with Gasteiger partial charge in [-0.3, -0.25) is 0 Å². The topological polar surface area (TPSA) is 87.6 Å². The van der Waals surface area contributed by atoms with E-state index in [4.69, 9.17) is 15.7 Å². The molecule has 0 atom stereocenters. The van der Waals surface area contributed by atoms with Gasteiger partial charge in [0.1, 0.15) is 12.4 Å². The molecule has 0 aromatic heterocycles. The van der Waals surface area contributed by atoms with Crippen molar-refractivity contribution in [1.82, 2.24) is 0 Å². The first-order valence-electron chi connectivity index (χ1n) is 2.92. The van der Waals surface area contributed by atoms with Crippen molar-refractivity contribution in [3.8, 4) is 0 Å². The van der Waals surface area contributed by atoms with Crippen LogP contribution in [-0.2, 0) is 13.8 Å². The van der Waals surface area contributed by atoms with Crippen molar-refractivity contribution in [3.63, 3.8) is 0 Å². The van der Waals surface area contributed by atoms with E-state index in [2.05, 4.69) is 4.52 Å². The molecule has 0 aromatic carbocycles. The summed E-state index contributed by atoms with van der Waals surface area (Å²) in [6, 6.07) is 0. The second-order valence-corrected chi connectivity index (χ2v) is 3.48. The second kappa shape index (κ2) is 3.09. The van der Waals surface area contributed by atoms with Crippen molar-refractivity contribution >= 4 is 7.67 Å². The van der Waals surface area contributed by atoms with Gasteiger partial charge in [0.15, 0.2) is 0 Å². The standard InChI is InChI=1S/C5H9N2O3P/c6-11(7,8)10-5-2-1-3-9-4-5/h1-3H,4H2,(H4,6,7,8). The van der Waals surface area contributed by atoms with Gasteiger partial charge >= 0.3 is 7.67 Å². The van der Waals surface area contributed by atoms with Gasteiger partial charge in [-0.15, -0.1) is 0 Å². The van der Waals surface area contributed by atoms with Crippen molar-refractivity contribution in [2.24, 2.45) is 11.0 Å². The van der Waals surface area contributed by atoms with Crippen LogP contribution < -0.4 is 11.0 Å². The molecular formula is C5H9N2O3P. The Morgan fingerprint density at radius 2 is 2.36 bits per heavy atom. The lowest BCUT2D eigenvalue weighted by Crippen LogP contribution is -2.10. The third kappa shape index (κ3) is 3.23. The van der Waals surface area contributed by atoms with E-state index in [0.29, 0.717) is 5.76 Å². The molecule has 1 aliphatic rings. The minimum absolute atomic E-state index is 0.217. The van der Waals surface area contributed by atoms with Crippen LogP contribution in [0.1, 0.15) is 0 Å². The lowest BCUT2D eigenvalue weighted by Gasteiger charge is -2.13. The van der Waals surface area contributed by atoms with E-state index >= 15 is 0 Å². The fourth-order valence-corrected chi connectivity index (χ4v) is 1.10. The van der Waals surface area contributed by atoms with Gasteiger partial charge in [0, 0.05) is 0 Å². The maximum absolute atomic E-state index is 10.7. The highest BCUT2D eigenvalue weighted by Gasteiger charge is 2.13. The van der Waals surface area contributed by atoms with Crippen LogP contribution in [0, 0.1) is 0 Å². The molecule has 1 heterocycles. The molecule has 0 amide bonds. The summed E-state index contributed by atoms with van der Waals surface area (Å²) in [5.74, 6) is 0.376. The van der Waals surface area contributed by atoms with E-state index in [1.165, 1.54) is 6.26 Å². The SMILES string of the molecule is NP(N)(=O)OC1=CC=COC1. The zero-order valence-electron chi connectivity index (χ0n) is 5.77. The maximum Gasteiger partial charge on any atom is 0.384 e. The summed E-state index contributed by atoms with van der Waals surface area (Å²) >= 11 is 0. The van der Waals surface area contributed by atoms with E-state index in [1.807, 2.05) is 0 Å². The van der Waals surface area contributed by atoms with Crippen LogP contribution in [0.2, 0.25) is 0 Å². The fourth-order valence-electron chi connectivity index (χ4n) is 0.621. The molecule has 5 nitrogen and oxygen atoms in total. The summed E-state index contributed by atoms with van der Waals surface area (Å²) in [5, 5.41) is 0. The van der Waals surface area contributed by atoms with Gasteiger partial charge in [-0.25, -0.2) is 15.6 Å². The van der Waals surface area contributed by atoms with Crippen LogP contribution >= 0.6 is 7.67 Å². The number of hydrogen-bond donors (Lipinski definition) is 2. The predicted molar refractivity (Wildman–Crippen MR) is 40.2 cm³/mol. The van der Waals surface area contributed by atoms with Crippen LogP contribution in [-0.4, -0.2) is 6.61 Å². The Kier molecular flexibility index (Phi) is 2.34. The molecule has 62 valence electrons. The minimum Gasteiger partial charge on any atom is -0.493 e. The number of ether oxygens (including phenoxy) is 1. The van der Waals surface area contributed by atoms with Crippen LogP contribution in [0.15, 0.2) is 24.2 Å². The first-order valence-corrected chi connectivity index (χ1v) is 4.68. The fraction of sp³-hybridized carbons (Fsp3) is 0.200. The Hall–Kier alpha value is -0.770. The van der Waals surface area contributed by atoms with Crippen molar-refractivity contribution in [2.45, 2.75) is 0 Å². The zero-order valence-corrected chi connectivity index (χ0v) is 6.66. The summed E-state index contributed by atoms with van der Waals surface area (Å²) in [5.41, 5.74) is 9.91. The van der Waals surface area contributed by atoms with Crippen molar-refractivity contribution < 1.29 is 13.8 Å². The molecule has 1 rings (SSSR count). The normalized spacial score (nSPS) is 17.1. The summed E-state index contributed by atoms with van der Waals surface area (Å²) in [6.07, 6.45) is 4.69. The molecule has 1 aliphatic heterocycles. The predicted octanol–water partition coefficient (Wildman–Crippen LogP) is 0.456. The summed E-state index contributed by atoms with van der Waals surface area (Å²) in [4.78, 5) is 0. The third-order valence-electron chi connectivity index (χ3n) is 0.942. The first-order chi connectivity index (χ1) is 5.08. The lowest BCUT2D eigenvalue weighted by atomic mass is 10.4. The van der Waals surface area contributed by atoms with E-state index in [-0.39, 0.29) is 6.61 Å². The molecule has 4 N–H and O–H groups in total. The zero-order chi connectivity index (χ0) is 8.32. The quantitative estimate of drug-likeness (QED) is 0.596. The van der Waals surface area contributed by atoms with Crippen LogP contribution in [0.5, 0.6) is 0 Å². The highest BCUT2D eigenvalue weighted by Crippen LogP contribution is 2.30. The average Bonchev–Trinajstić information content (AvgIpc) is 1.85. The van der Waals surface area contributed by atoms with E-state index in [1.54, 1.807) is 12.2 Å². The number of allylic oxidation sites excluding steroid dienone is 2. The maximum atomic E-state index is 10.7. The Labute approximate surface area is 64.2 Å². The van der Waals surface area contributed by atoms with E-state index < -0.39 is 7.67 Å². The van der Waals surface area contributed by atoms with Crippen LogP contribution in [0.25, 0.3) is 0 Å². The third-order valence-corrected chi connectivity index (χ3v) is 1.46. The Bertz CT molecular complexity index is 242. The minimum atomic E-state index is -3.42. The van der Waals surface area contributed by atoms with Crippen molar-refractivity contribution in [1.29, 1.82) is 0 Å². The van der Waals surface area contributed by atoms with Gasteiger partial charge in [0.05, 0.1) is 6.26 Å². The highest BCUT2D eigenvalue weighted by molar-refractivity contribution is 7.53. The number of hydrogen-bond acceptors (Lipinski definition) is 3. The molecule has 0 aliphatic carbocycles. The molecule has 0 bridgehead atoms.